The zero-order chi connectivity index (χ0) is 12.3. The average Bonchev–Trinajstić information content (AvgIpc) is 2.29. The van der Waals surface area contributed by atoms with Crippen LogP contribution in [0.4, 0.5) is 0 Å². The van der Waals surface area contributed by atoms with Crippen LogP contribution in [-0.4, -0.2) is 16.1 Å². The molecule has 0 spiro atoms. The summed E-state index contributed by atoms with van der Waals surface area (Å²) in [6, 6.07) is 6.56. The van der Waals surface area contributed by atoms with Crippen LogP contribution in [0.25, 0.3) is 10.9 Å². The van der Waals surface area contributed by atoms with Gasteiger partial charge in [0.2, 0.25) is 0 Å². The molecule has 0 atom stereocenters. The van der Waals surface area contributed by atoms with Crippen LogP contribution in [0.5, 0.6) is 0 Å². The van der Waals surface area contributed by atoms with E-state index in [-0.39, 0.29) is 11.8 Å². The van der Waals surface area contributed by atoms with E-state index in [4.69, 9.17) is 5.11 Å². The second-order valence-corrected chi connectivity index (χ2v) is 3.47. The number of fused-ring (bicyclic) bond motifs is 1. The van der Waals surface area contributed by atoms with Gasteiger partial charge in [-0.25, -0.2) is 0 Å². The van der Waals surface area contributed by atoms with Crippen molar-refractivity contribution in [2.45, 2.75) is 6.42 Å². The lowest BCUT2D eigenvalue weighted by molar-refractivity contribution is -0.135. The summed E-state index contributed by atoms with van der Waals surface area (Å²) in [5, 5.41) is 9.04. The van der Waals surface area contributed by atoms with Crippen molar-refractivity contribution >= 4 is 16.9 Å². The van der Waals surface area contributed by atoms with Gasteiger partial charge in [-0.15, -0.1) is 0 Å². The third kappa shape index (κ3) is 2.52. The highest BCUT2D eigenvalue weighted by Gasteiger charge is 1.97. The van der Waals surface area contributed by atoms with Crippen LogP contribution in [0.1, 0.15) is 12.0 Å². The molecule has 0 bridgehead atoms. The monoisotopic (exact) mass is 227 g/mol. The SMILES string of the molecule is O=C(O)CC#Cc1ccc2c(=O)cc[nH]c2c1. The molecule has 4 heteroatoms. The Balaban J connectivity index is 2.41. The summed E-state index contributed by atoms with van der Waals surface area (Å²) >= 11 is 0. The number of carboxylic acid groups (broad SMARTS) is 1. The van der Waals surface area contributed by atoms with E-state index in [1.54, 1.807) is 24.4 Å². The molecule has 0 aliphatic rings. The summed E-state index contributed by atoms with van der Waals surface area (Å²) in [5.41, 5.74) is 1.32. The van der Waals surface area contributed by atoms with E-state index in [1.165, 1.54) is 6.07 Å². The molecule has 2 aromatic rings. The van der Waals surface area contributed by atoms with Crippen LogP contribution >= 0.6 is 0 Å². The van der Waals surface area contributed by atoms with Gasteiger partial charge in [0.05, 0.1) is 5.52 Å². The van der Waals surface area contributed by atoms with Crippen molar-refractivity contribution in [3.8, 4) is 11.8 Å². The number of hydrogen-bond acceptors (Lipinski definition) is 2. The zero-order valence-electron chi connectivity index (χ0n) is 8.86. The molecule has 1 aromatic carbocycles. The molecule has 17 heavy (non-hydrogen) atoms. The number of benzene rings is 1. The number of pyridine rings is 1. The summed E-state index contributed by atoms with van der Waals surface area (Å²) in [5.74, 6) is 4.32. The number of nitrogens with one attached hydrogen (secondary N) is 1. The average molecular weight is 227 g/mol. The topological polar surface area (TPSA) is 70.2 Å². The van der Waals surface area contributed by atoms with Gasteiger partial charge in [-0.1, -0.05) is 11.8 Å². The quantitative estimate of drug-likeness (QED) is 0.722. The molecule has 1 aromatic heterocycles. The molecule has 2 rings (SSSR count). The summed E-state index contributed by atoms with van der Waals surface area (Å²) in [6.07, 6.45) is 1.38. The minimum Gasteiger partial charge on any atom is -0.481 e. The maximum absolute atomic E-state index is 11.5. The van der Waals surface area contributed by atoms with Crippen molar-refractivity contribution in [3.63, 3.8) is 0 Å². The van der Waals surface area contributed by atoms with Crippen molar-refractivity contribution in [2.24, 2.45) is 0 Å². The van der Waals surface area contributed by atoms with Crippen LogP contribution in [-0.2, 0) is 4.79 Å². The number of hydrogen-bond donors (Lipinski definition) is 2. The molecule has 0 aliphatic heterocycles. The van der Waals surface area contributed by atoms with Crippen LogP contribution in [0.2, 0.25) is 0 Å². The Kier molecular flexibility index (Phi) is 2.93. The first-order chi connectivity index (χ1) is 8.16. The van der Waals surface area contributed by atoms with Crippen molar-refractivity contribution in [1.29, 1.82) is 0 Å². The number of carbonyl (C=O) groups is 1. The Morgan fingerprint density at radius 3 is 2.94 bits per heavy atom. The molecule has 0 fully saturated rings. The first kappa shape index (κ1) is 11.0. The van der Waals surface area contributed by atoms with Gasteiger partial charge in [0, 0.05) is 23.2 Å². The summed E-state index contributed by atoms with van der Waals surface area (Å²) in [4.78, 5) is 24.7. The first-order valence-corrected chi connectivity index (χ1v) is 4.99. The van der Waals surface area contributed by atoms with Crippen molar-refractivity contribution < 1.29 is 9.90 Å². The standard InChI is InChI=1S/C13H9NO3/c15-12-6-7-14-11-8-9(4-5-10(11)12)2-1-3-13(16)17/h4-8H,3H2,(H,14,15)(H,16,17). The predicted molar refractivity (Wildman–Crippen MR) is 63.7 cm³/mol. The highest BCUT2D eigenvalue weighted by Crippen LogP contribution is 2.08. The van der Waals surface area contributed by atoms with Crippen molar-refractivity contribution in [1.82, 2.24) is 4.98 Å². The maximum Gasteiger partial charge on any atom is 0.315 e. The van der Waals surface area contributed by atoms with Gasteiger partial charge in [0.1, 0.15) is 6.42 Å². The molecule has 0 unspecified atom stereocenters. The Labute approximate surface area is 96.9 Å². The van der Waals surface area contributed by atoms with Gasteiger partial charge in [-0.05, 0) is 18.2 Å². The van der Waals surface area contributed by atoms with E-state index >= 15 is 0 Å². The number of aromatic nitrogens is 1. The molecule has 0 aliphatic carbocycles. The fraction of sp³-hybridized carbons (Fsp3) is 0.0769. The molecular weight excluding hydrogens is 218 g/mol. The normalized spacial score (nSPS) is 9.65. The summed E-state index contributed by atoms with van der Waals surface area (Å²) in [6.45, 7) is 0. The molecule has 2 N–H and O–H groups in total. The Hall–Kier alpha value is -2.54. The third-order valence-electron chi connectivity index (χ3n) is 2.23. The molecule has 1 heterocycles. The van der Waals surface area contributed by atoms with Gasteiger partial charge in [0.15, 0.2) is 5.43 Å². The fourth-order valence-electron chi connectivity index (χ4n) is 1.48. The predicted octanol–water partition coefficient (Wildman–Crippen LogP) is 1.35. The lowest BCUT2D eigenvalue weighted by Crippen LogP contribution is -1.99. The number of aromatic amines is 1. The molecular formula is C13H9NO3. The van der Waals surface area contributed by atoms with Gasteiger partial charge >= 0.3 is 5.97 Å². The van der Waals surface area contributed by atoms with Crippen LogP contribution < -0.4 is 5.43 Å². The largest absolute Gasteiger partial charge is 0.481 e. The lowest BCUT2D eigenvalue weighted by Gasteiger charge is -1.96. The summed E-state index contributed by atoms with van der Waals surface area (Å²) in [7, 11) is 0. The Morgan fingerprint density at radius 2 is 2.18 bits per heavy atom. The number of aliphatic carboxylic acids is 1. The highest BCUT2D eigenvalue weighted by molar-refractivity contribution is 5.79. The van der Waals surface area contributed by atoms with E-state index < -0.39 is 5.97 Å². The smallest absolute Gasteiger partial charge is 0.315 e. The summed E-state index contributed by atoms with van der Waals surface area (Å²) < 4.78 is 0. The second-order valence-electron chi connectivity index (χ2n) is 3.47. The molecule has 0 radical (unpaired) electrons. The van der Waals surface area contributed by atoms with Crippen LogP contribution in [0, 0.1) is 11.8 Å². The van der Waals surface area contributed by atoms with Gasteiger partial charge in [-0.3, -0.25) is 9.59 Å². The third-order valence-corrected chi connectivity index (χ3v) is 2.23. The van der Waals surface area contributed by atoms with E-state index in [0.29, 0.717) is 16.5 Å². The number of H-pyrrole nitrogens is 1. The lowest BCUT2D eigenvalue weighted by atomic mass is 10.1. The van der Waals surface area contributed by atoms with Crippen molar-refractivity contribution in [3.05, 3.63) is 46.2 Å². The van der Waals surface area contributed by atoms with Crippen LogP contribution in [0.3, 0.4) is 0 Å². The number of rotatable bonds is 1. The maximum atomic E-state index is 11.5. The molecule has 0 amide bonds. The molecule has 0 saturated carbocycles. The second kappa shape index (κ2) is 4.54. The highest BCUT2D eigenvalue weighted by atomic mass is 16.4. The zero-order valence-corrected chi connectivity index (χ0v) is 8.86. The van der Waals surface area contributed by atoms with Gasteiger partial charge in [-0.2, -0.15) is 0 Å². The van der Waals surface area contributed by atoms with E-state index in [1.807, 2.05) is 0 Å². The van der Waals surface area contributed by atoms with Crippen LogP contribution in [0.15, 0.2) is 35.3 Å². The van der Waals surface area contributed by atoms with E-state index in [9.17, 15) is 9.59 Å². The Bertz CT molecular complexity index is 689. The minimum atomic E-state index is -0.952. The molecule has 4 nitrogen and oxygen atoms in total. The molecule has 0 saturated heterocycles. The number of carboxylic acids is 1. The first-order valence-electron chi connectivity index (χ1n) is 4.99. The van der Waals surface area contributed by atoms with E-state index in [2.05, 4.69) is 16.8 Å². The molecule has 84 valence electrons. The Morgan fingerprint density at radius 1 is 1.35 bits per heavy atom. The van der Waals surface area contributed by atoms with Crippen molar-refractivity contribution in [2.75, 3.05) is 0 Å². The van der Waals surface area contributed by atoms with Gasteiger partial charge < -0.3 is 10.1 Å². The minimum absolute atomic E-state index is 0.0520. The van der Waals surface area contributed by atoms with E-state index in [0.717, 1.165) is 0 Å². The fourth-order valence-corrected chi connectivity index (χ4v) is 1.48. The van der Waals surface area contributed by atoms with Gasteiger partial charge in [0.25, 0.3) is 0 Å².